The zero-order valence-electron chi connectivity index (χ0n) is 8.16. The summed E-state index contributed by atoms with van der Waals surface area (Å²) in [5.41, 5.74) is 2.93. The molecule has 1 aromatic carbocycles. The van der Waals surface area contributed by atoms with Gasteiger partial charge in [-0.05, 0) is 23.8 Å². The minimum Gasteiger partial charge on any atom is -0.326 e. The number of amides is 1. The van der Waals surface area contributed by atoms with Gasteiger partial charge in [-0.2, -0.15) is 0 Å². The van der Waals surface area contributed by atoms with Gasteiger partial charge in [-0.1, -0.05) is 11.6 Å². The Morgan fingerprint density at radius 1 is 1.44 bits per heavy atom. The number of nitrogens with zero attached hydrogens (tertiary/aromatic N) is 1. The van der Waals surface area contributed by atoms with E-state index >= 15 is 0 Å². The first kappa shape index (κ1) is 9.81. The van der Waals surface area contributed by atoms with Crippen LogP contribution in [0.25, 0.3) is 10.6 Å². The number of carbonyl (C=O) groups excluding carboxylic acids is 1. The Morgan fingerprint density at radius 2 is 2.31 bits per heavy atom. The summed E-state index contributed by atoms with van der Waals surface area (Å²) in [6.45, 7) is 0. The van der Waals surface area contributed by atoms with Crippen LogP contribution in [0.15, 0.2) is 23.6 Å². The van der Waals surface area contributed by atoms with E-state index in [2.05, 4.69) is 10.3 Å². The molecule has 0 spiro atoms. The van der Waals surface area contributed by atoms with Gasteiger partial charge in [-0.25, -0.2) is 4.98 Å². The number of anilines is 1. The van der Waals surface area contributed by atoms with Crippen LogP contribution in [0.4, 0.5) is 5.69 Å². The molecule has 1 aliphatic heterocycles. The fourth-order valence-corrected chi connectivity index (χ4v) is 2.69. The van der Waals surface area contributed by atoms with Gasteiger partial charge in [0.25, 0.3) is 0 Å². The highest BCUT2D eigenvalue weighted by molar-refractivity contribution is 7.13. The molecule has 1 aromatic heterocycles. The van der Waals surface area contributed by atoms with Gasteiger partial charge in [0.15, 0.2) is 0 Å². The molecule has 1 amide bonds. The van der Waals surface area contributed by atoms with Crippen molar-refractivity contribution >= 4 is 34.5 Å². The lowest BCUT2D eigenvalue weighted by atomic mass is 10.1. The van der Waals surface area contributed by atoms with Gasteiger partial charge in [-0.15, -0.1) is 11.3 Å². The lowest BCUT2D eigenvalue weighted by Crippen LogP contribution is -2.03. The summed E-state index contributed by atoms with van der Waals surface area (Å²) in [5, 5.41) is 5.99. The minimum absolute atomic E-state index is 0.0457. The third-order valence-electron chi connectivity index (χ3n) is 2.45. The quantitative estimate of drug-likeness (QED) is 0.846. The van der Waals surface area contributed by atoms with Gasteiger partial charge >= 0.3 is 0 Å². The molecular weight excluding hydrogens is 244 g/mol. The fraction of sp³-hybridized carbons (Fsp3) is 0.0909. The van der Waals surface area contributed by atoms with E-state index in [-0.39, 0.29) is 5.91 Å². The van der Waals surface area contributed by atoms with Crippen LogP contribution in [0.1, 0.15) is 5.56 Å². The van der Waals surface area contributed by atoms with Crippen molar-refractivity contribution in [1.82, 2.24) is 4.98 Å². The van der Waals surface area contributed by atoms with Crippen LogP contribution in [0.2, 0.25) is 5.15 Å². The highest BCUT2D eigenvalue weighted by atomic mass is 35.5. The highest BCUT2D eigenvalue weighted by Crippen LogP contribution is 2.31. The number of halogens is 1. The first-order chi connectivity index (χ1) is 7.72. The van der Waals surface area contributed by atoms with Gasteiger partial charge in [-0.3, -0.25) is 4.79 Å². The van der Waals surface area contributed by atoms with Crippen LogP contribution >= 0.6 is 22.9 Å². The average Bonchev–Trinajstić information content (AvgIpc) is 2.81. The van der Waals surface area contributed by atoms with Crippen molar-refractivity contribution in [2.24, 2.45) is 0 Å². The first-order valence-electron chi connectivity index (χ1n) is 4.76. The number of hydrogen-bond acceptors (Lipinski definition) is 3. The first-order valence-corrected chi connectivity index (χ1v) is 6.02. The van der Waals surface area contributed by atoms with Crippen molar-refractivity contribution in [2.75, 3.05) is 5.32 Å². The molecule has 80 valence electrons. The Bertz CT molecular complexity index is 579. The standard InChI is InChI=1S/C11H7ClN2OS/c12-9-5-16-11(14-9)6-1-2-8-7(3-6)4-10(15)13-8/h1-3,5H,4H2,(H,13,15). The van der Waals surface area contributed by atoms with Crippen molar-refractivity contribution in [3.8, 4) is 10.6 Å². The number of fused-ring (bicyclic) bond motifs is 1. The number of carbonyl (C=O) groups is 1. The predicted octanol–water partition coefficient (Wildman–Crippen LogP) is 2.96. The van der Waals surface area contributed by atoms with Crippen LogP contribution in [-0.2, 0) is 11.2 Å². The van der Waals surface area contributed by atoms with Gasteiger partial charge in [0, 0.05) is 16.6 Å². The second-order valence-electron chi connectivity index (χ2n) is 3.57. The molecule has 1 N–H and O–H groups in total. The van der Waals surface area contributed by atoms with Crippen molar-refractivity contribution in [3.05, 3.63) is 34.3 Å². The van der Waals surface area contributed by atoms with E-state index in [4.69, 9.17) is 11.6 Å². The molecule has 0 bridgehead atoms. The number of aromatic nitrogens is 1. The maximum Gasteiger partial charge on any atom is 0.228 e. The molecule has 5 heteroatoms. The lowest BCUT2D eigenvalue weighted by molar-refractivity contribution is -0.115. The second kappa shape index (κ2) is 3.57. The monoisotopic (exact) mass is 250 g/mol. The maximum absolute atomic E-state index is 11.2. The van der Waals surface area contributed by atoms with Crippen LogP contribution in [-0.4, -0.2) is 10.9 Å². The Kier molecular flexibility index (Phi) is 2.19. The summed E-state index contributed by atoms with van der Waals surface area (Å²) in [5.74, 6) is 0.0457. The third-order valence-corrected chi connectivity index (χ3v) is 3.67. The summed E-state index contributed by atoms with van der Waals surface area (Å²) in [4.78, 5) is 15.4. The van der Waals surface area contributed by atoms with Crippen molar-refractivity contribution in [3.63, 3.8) is 0 Å². The molecule has 0 aliphatic carbocycles. The summed E-state index contributed by atoms with van der Waals surface area (Å²) >= 11 is 7.28. The highest BCUT2D eigenvalue weighted by Gasteiger charge is 2.18. The smallest absolute Gasteiger partial charge is 0.228 e. The molecule has 0 saturated carbocycles. The molecule has 2 heterocycles. The normalized spacial score (nSPS) is 13.7. The summed E-state index contributed by atoms with van der Waals surface area (Å²) in [7, 11) is 0. The molecule has 3 nitrogen and oxygen atoms in total. The maximum atomic E-state index is 11.2. The predicted molar refractivity (Wildman–Crippen MR) is 64.9 cm³/mol. The Balaban J connectivity index is 2.05. The van der Waals surface area contributed by atoms with E-state index in [1.165, 1.54) is 11.3 Å². The molecule has 0 saturated heterocycles. The van der Waals surface area contributed by atoms with Crippen molar-refractivity contribution in [1.29, 1.82) is 0 Å². The van der Waals surface area contributed by atoms with E-state index in [0.29, 0.717) is 11.6 Å². The van der Waals surface area contributed by atoms with E-state index in [1.54, 1.807) is 5.38 Å². The number of nitrogens with one attached hydrogen (secondary N) is 1. The Morgan fingerprint density at radius 3 is 3.06 bits per heavy atom. The molecule has 0 unspecified atom stereocenters. The van der Waals surface area contributed by atoms with Crippen LogP contribution in [0.3, 0.4) is 0 Å². The molecule has 3 rings (SSSR count). The molecule has 1 aliphatic rings. The average molecular weight is 251 g/mol. The third kappa shape index (κ3) is 1.60. The van der Waals surface area contributed by atoms with Crippen LogP contribution < -0.4 is 5.32 Å². The zero-order valence-corrected chi connectivity index (χ0v) is 9.73. The minimum atomic E-state index is 0.0457. The molecule has 0 radical (unpaired) electrons. The summed E-state index contributed by atoms with van der Waals surface area (Å²) < 4.78 is 0. The van der Waals surface area contributed by atoms with Crippen molar-refractivity contribution in [2.45, 2.75) is 6.42 Å². The molecular formula is C11H7ClN2OS. The SMILES string of the molecule is O=C1Cc2cc(-c3nc(Cl)cs3)ccc2N1. The molecule has 2 aromatic rings. The second-order valence-corrected chi connectivity index (χ2v) is 4.82. The number of benzene rings is 1. The lowest BCUT2D eigenvalue weighted by Gasteiger charge is -2.00. The van der Waals surface area contributed by atoms with Crippen LogP contribution in [0, 0.1) is 0 Å². The van der Waals surface area contributed by atoms with Crippen LogP contribution in [0.5, 0.6) is 0 Å². The number of rotatable bonds is 1. The zero-order chi connectivity index (χ0) is 11.1. The largest absolute Gasteiger partial charge is 0.326 e. The molecule has 16 heavy (non-hydrogen) atoms. The van der Waals surface area contributed by atoms with E-state index in [1.807, 2.05) is 18.2 Å². The number of thiazole rings is 1. The summed E-state index contributed by atoms with van der Waals surface area (Å²) in [6, 6.07) is 5.84. The molecule has 0 fully saturated rings. The van der Waals surface area contributed by atoms with Gasteiger partial charge in [0.2, 0.25) is 5.91 Å². The van der Waals surface area contributed by atoms with E-state index < -0.39 is 0 Å². The molecule has 0 atom stereocenters. The topological polar surface area (TPSA) is 42.0 Å². The summed E-state index contributed by atoms with van der Waals surface area (Å²) in [6.07, 6.45) is 0.447. The Labute approximate surface area is 101 Å². The number of hydrogen-bond donors (Lipinski definition) is 1. The van der Waals surface area contributed by atoms with Gasteiger partial charge in [0.05, 0.1) is 6.42 Å². The van der Waals surface area contributed by atoms with Gasteiger partial charge < -0.3 is 5.32 Å². The Hall–Kier alpha value is -1.39. The van der Waals surface area contributed by atoms with E-state index in [9.17, 15) is 4.79 Å². The fourth-order valence-electron chi connectivity index (χ4n) is 1.75. The van der Waals surface area contributed by atoms with Gasteiger partial charge in [0.1, 0.15) is 10.2 Å². The van der Waals surface area contributed by atoms with Crippen molar-refractivity contribution < 1.29 is 4.79 Å². The van der Waals surface area contributed by atoms with E-state index in [0.717, 1.165) is 21.8 Å².